The molecule has 0 aliphatic heterocycles. The van der Waals surface area contributed by atoms with Crippen molar-refractivity contribution < 1.29 is 8.42 Å². The van der Waals surface area contributed by atoms with Crippen molar-refractivity contribution in [2.75, 3.05) is 12.3 Å². The summed E-state index contributed by atoms with van der Waals surface area (Å²) in [6.45, 7) is 5.81. The van der Waals surface area contributed by atoms with E-state index in [1.165, 1.54) is 0 Å². The Balaban J connectivity index is 2.23. The number of hydrogen-bond donors (Lipinski definition) is 2. The first-order valence-corrected chi connectivity index (χ1v) is 9.12. The third-order valence-corrected chi connectivity index (χ3v) is 6.10. The van der Waals surface area contributed by atoms with Crippen LogP contribution in [0.4, 0.5) is 5.69 Å². The average molecular weight is 324 g/mol. The maximum Gasteiger partial charge on any atom is 0.241 e. The second-order valence-electron chi connectivity index (χ2n) is 5.14. The van der Waals surface area contributed by atoms with Crippen molar-refractivity contribution in [3.63, 3.8) is 0 Å². The van der Waals surface area contributed by atoms with Gasteiger partial charge in [-0.25, -0.2) is 13.1 Å². The van der Waals surface area contributed by atoms with Gasteiger partial charge in [-0.05, 0) is 72.3 Å². The molecule has 1 aromatic heterocycles. The van der Waals surface area contributed by atoms with Gasteiger partial charge < -0.3 is 5.73 Å². The standard InChI is InChI=1S/C15H20N2O2S2/c1-10-8-14(16)12(3)15(11(10)2)21(18,19)17-6-4-13-5-7-20-9-13/h5,7-9,17H,4,6,16H2,1-3H3. The van der Waals surface area contributed by atoms with Crippen LogP contribution in [0.3, 0.4) is 0 Å². The zero-order chi connectivity index (χ0) is 15.6. The van der Waals surface area contributed by atoms with Crippen molar-refractivity contribution in [3.05, 3.63) is 45.1 Å². The lowest BCUT2D eigenvalue weighted by Gasteiger charge is -2.15. The van der Waals surface area contributed by atoms with Gasteiger partial charge in [0, 0.05) is 12.2 Å². The summed E-state index contributed by atoms with van der Waals surface area (Å²) in [4.78, 5) is 0.310. The first-order chi connectivity index (χ1) is 9.83. The molecule has 1 aromatic carbocycles. The van der Waals surface area contributed by atoms with Gasteiger partial charge in [-0.15, -0.1) is 0 Å². The molecule has 4 nitrogen and oxygen atoms in total. The van der Waals surface area contributed by atoms with Crippen LogP contribution in [0.15, 0.2) is 27.8 Å². The van der Waals surface area contributed by atoms with Gasteiger partial charge in [-0.3, -0.25) is 0 Å². The molecule has 3 N–H and O–H groups in total. The van der Waals surface area contributed by atoms with Gasteiger partial charge in [0.05, 0.1) is 4.90 Å². The zero-order valence-electron chi connectivity index (χ0n) is 12.4. The second kappa shape index (κ2) is 6.17. The molecule has 0 radical (unpaired) electrons. The van der Waals surface area contributed by atoms with Crippen LogP contribution in [0.1, 0.15) is 22.3 Å². The maximum atomic E-state index is 12.5. The minimum absolute atomic E-state index is 0.310. The molecule has 0 aliphatic carbocycles. The minimum atomic E-state index is -3.55. The van der Waals surface area contributed by atoms with Crippen LogP contribution in [0.2, 0.25) is 0 Å². The molecule has 1 heterocycles. The van der Waals surface area contributed by atoms with E-state index in [4.69, 9.17) is 5.73 Å². The normalized spacial score (nSPS) is 11.8. The van der Waals surface area contributed by atoms with E-state index in [1.54, 1.807) is 18.3 Å². The molecule has 0 saturated heterocycles. The largest absolute Gasteiger partial charge is 0.398 e. The van der Waals surface area contributed by atoms with Crippen molar-refractivity contribution >= 4 is 27.0 Å². The topological polar surface area (TPSA) is 72.2 Å². The Morgan fingerprint density at radius 1 is 1.24 bits per heavy atom. The summed E-state index contributed by atoms with van der Waals surface area (Å²) in [6, 6.07) is 3.81. The van der Waals surface area contributed by atoms with Gasteiger partial charge in [0.15, 0.2) is 0 Å². The average Bonchev–Trinajstić information content (AvgIpc) is 2.89. The maximum absolute atomic E-state index is 12.5. The number of nitrogen functional groups attached to an aromatic ring is 1. The fourth-order valence-corrected chi connectivity index (χ4v) is 4.58. The van der Waals surface area contributed by atoms with E-state index in [0.29, 0.717) is 29.1 Å². The highest BCUT2D eigenvalue weighted by molar-refractivity contribution is 7.89. The third-order valence-electron chi connectivity index (χ3n) is 3.63. The molecule has 0 aliphatic rings. The molecule has 6 heteroatoms. The van der Waals surface area contributed by atoms with Gasteiger partial charge in [0.25, 0.3) is 0 Å². The number of rotatable bonds is 5. The Bertz CT molecular complexity index is 709. The number of anilines is 1. The summed E-state index contributed by atoms with van der Waals surface area (Å²) in [6.07, 6.45) is 0.683. The highest BCUT2D eigenvalue weighted by atomic mass is 32.2. The number of sulfonamides is 1. The molecule has 114 valence electrons. The molecule has 0 fully saturated rings. The van der Waals surface area contributed by atoms with E-state index in [0.717, 1.165) is 16.7 Å². The van der Waals surface area contributed by atoms with E-state index < -0.39 is 10.0 Å². The van der Waals surface area contributed by atoms with E-state index in [9.17, 15) is 8.42 Å². The number of hydrogen-bond acceptors (Lipinski definition) is 4. The van der Waals surface area contributed by atoms with Crippen LogP contribution in [0.5, 0.6) is 0 Å². The molecule has 2 aromatic rings. The van der Waals surface area contributed by atoms with Crippen molar-refractivity contribution in [2.24, 2.45) is 0 Å². The van der Waals surface area contributed by atoms with E-state index in [2.05, 4.69) is 4.72 Å². The highest BCUT2D eigenvalue weighted by Crippen LogP contribution is 2.27. The van der Waals surface area contributed by atoms with Crippen molar-refractivity contribution in [2.45, 2.75) is 32.1 Å². The molecule has 0 bridgehead atoms. The van der Waals surface area contributed by atoms with Crippen molar-refractivity contribution in [3.8, 4) is 0 Å². The van der Waals surface area contributed by atoms with Crippen molar-refractivity contribution in [1.29, 1.82) is 0 Å². The Morgan fingerprint density at radius 2 is 1.95 bits per heavy atom. The summed E-state index contributed by atoms with van der Waals surface area (Å²) in [5, 5.41) is 4.01. The number of nitrogens with two attached hydrogens (primary N) is 1. The van der Waals surface area contributed by atoms with E-state index in [1.807, 2.05) is 36.7 Å². The summed E-state index contributed by atoms with van der Waals surface area (Å²) in [5.41, 5.74) is 9.80. The van der Waals surface area contributed by atoms with Gasteiger partial charge in [0.2, 0.25) is 10.0 Å². The lowest BCUT2D eigenvalue weighted by molar-refractivity contribution is 0.580. The van der Waals surface area contributed by atoms with Crippen LogP contribution in [-0.4, -0.2) is 15.0 Å². The molecular formula is C15H20N2O2S2. The predicted octanol–water partition coefficient (Wildman–Crippen LogP) is 2.78. The van der Waals surface area contributed by atoms with Crippen LogP contribution in [-0.2, 0) is 16.4 Å². The van der Waals surface area contributed by atoms with E-state index >= 15 is 0 Å². The quantitative estimate of drug-likeness (QED) is 0.831. The predicted molar refractivity (Wildman–Crippen MR) is 88.3 cm³/mol. The van der Waals surface area contributed by atoms with Gasteiger partial charge >= 0.3 is 0 Å². The fraction of sp³-hybridized carbons (Fsp3) is 0.333. The number of thiophene rings is 1. The summed E-state index contributed by atoms with van der Waals surface area (Å²) in [7, 11) is -3.55. The summed E-state index contributed by atoms with van der Waals surface area (Å²) < 4.78 is 27.8. The first kappa shape index (κ1) is 16.0. The molecule has 0 amide bonds. The molecule has 0 spiro atoms. The monoisotopic (exact) mass is 324 g/mol. The van der Waals surface area contributed by atoms with Crippen LogP contribution in [0, 0.1) is 20.8 Å². The SMILES string of the molecule is Cc1cc(N)c(C)c(S(=O)(=O)NCCc2ccsc2)c1C. The van der Waals surface area contributed by atoms with Crippen LogP contribution < -0.4 is 10.5 Å². The van der Waals surface area contributed by atoms with Gasteiger partial charge in [0.1, 0.15) is 0 Å². The Morgan fingerprint density at radius 3 is 2.57 bits per heavy atom. The Kier molecular flexibility index (Phi) is 4.70. The fourth-order valence-electron chi connectivity index (χ4n) is 2.28. The lowest BCUT2D eigenvalue weighted by atomic mass is 10.1. The Labute approximate surface area is 130 Å². The molecule has 21 heavy (non-hydrogen) atoms. The van der Waals surface area contributed by atoms with Crippen LogP contribution in [0.25, 0.3) is 0 Å². The number of benzene rings is 1. The molecule has 0 unspecified atom stereocenters. The summed E-state index contributed by atoms with van der Waals surface area (Å²) >= 11 is 1.61. The molecular weight excluding hydrogens is 304 g/mol. The van der Waals surface area contributed by atoms with Crippen molar-refractivity contribution in [1.82, 2.24) is 4.72 Å². The lowest BCUT2D eigenvalue weighted by Crippen LogP contribution is -2.27. The highest BCUT2D eigenvalue weighted by Gasteiger charge is 2.21. The third kappa shape index (κ3) is 3.45. The number of aryl methyl sites for hydroxylation is 1. The second-order valence-corrected chi connectivity index (χ2v) is 7.63. The summed E-state index contributed by atoms with van der Waals surface area (Å²) in [5.74, 6) is 0. The zero-order valence-corrected chi connectivity index (χ0v) is 14.1. The first-order valence-electron chi connectivity index (χ1n) is 6.70. The minimum Gasteiger partial charge on any atom is -0.398 e. The molecule has 0 saturated carbocycles. The molecule has 0 atom stereocenters. The van der Waals surface area contributed by atoms with Gasteiger partial charge in [-0.2, -0.15) is 11.3 Å². The Hall–Kier alpha value is -1.37. The van der Waals surface area contributed by atoms with Crippen LogP contribution >= 0.6 is 11.3 Å². The van der Waals surface area contributed by atoms with Gasteiger partial charge in [-0.1, -0.05) is 0 Å². The van der Waals surface area contributed by atoms with E-state index in [-0.39, 0.29) is 0 Å². The number of nitrogens with one attached hydrogen (secondary N) is 1. The smallest absolute Gasteiger partial charge is 0.241 e. The molecule has 2 rings (SSSR count).